The molecular weight excluding hydrogens is 355 g/mol. The molecule has 0 spiro atoms. The van der Waals surface area contributed by atoms with Crippen LogP contribution in [-0.2, 0) is 4.79 Å². The van der Waals surface area contributed by atoms with Crippen LogP contribution >= 0.6 is 0 Å². The topological polar surface area (TPSA) is 50.4 Å². The number of carbonyl (C=O) groups is 1. The minimum atomic E-state index is -0.250. The van der Waals surface area contributed by atoms with Crippen molar-refractivity contribution in [1.29, 1.82) is 0 Å². The molecule has 0 radical (unpaired) electrons. The summed E-state index contributed by atoms with van der Waals surface area (Å²) < 4.78 is 19.1. The van der Waals surface area contributed by atoms with Gasteiger partial charge in [0.2, 0.25) is 5.91 Å². The number of nitrogens with one attached hydrogen (secondary N) is 2. The fourth-order valence-electron chi connectivity index (χ4n) is 3.64. The number of hydrogen-bond acceptors (Lipinski definition) is 3. The summed E-state index contributed by atoms with van der Waals surface area (Å²) >= 11 is 0. The van der Waals surface area contributed by atoms with Crippen LogP contribution in [0.5, 0.6) is 5.75 Å². The Kier molecular flexibility index (Phi) is 5.64. The highest BCUT2D eigenvalue weighted by Crippen LogP contribution is 2.41. The summed E-state index contributed by atoms with van der Waals surface area (Å²) in [5, 5.41) is 6.55. The maximum atomic E-state index is 13.2. The van der Waals surface area contributed by atoms with Gasteiger partial charge >= 0.3 is 0 Å². The zero-order valence-corrected chi connectivity index (χ0v) is 17.3. The van der Waals surface area contributed by atoms with Gasteiger partial charge < -0.3 is 15.4 Å². The number of hydrogen-bond donors (Lipinski definition) is 2. The molecule has 0 bridgehead atoms. The predicted molar refractivity (Wildman–Crippen MR) is 111 cm³/mol. The van der Waals surface area contributed by atoms with Gasteiger partial charge in [0.05, 0.1) is 18.3 Å². The fourth-order valence-corrected chi connectivity index (χ4v) is 3.64. The number of rotatable bonds is 4. The smallest absolute Gasteiger partial charge is 0.224 e. The van der Waals surface area contributed by atoms with E-state index in [2.05, 4.69) is 16.7 Å². The zero-order chi connectivity index (χ0) is 20.5. The van der Waals surface area contributed by atoms with E-state index in [0.717, 1.165) is 40.2 Å². The highest BCUT2D eigenvalue weighted by Gasteiger charge is 2.26. The molecule has 5 heteroatoms. The van der Waals surface area contributed by atoms with Crippen molar-refractivity contribution in [2.75, 3.05) is 17.2 Å². The van der Waals surface area contributed by atoms with E-state index in [-0.39, 0.29) is 23.2 Å². The Balaban J connectivity index is 1.87. The molecule has 2 aromatic rings. The third-order valence-electron chi connectivity index (χ3n) is 4.91. The number of carbonyl (C=O) groups excluding carboxylic acids is 1. The number of halogens is 1. The van der Waals surface area contributed by atoms with Crippen molar-refractivity contribution in [2.24, 2.45) is 5.41 Å². The Morgan fingerprint density at radius 1 is 1.21 bits per heavy atom. The fraction of sp³-hybridized carbons (Fsp3) is 0.435. The highest BCUT2D eigenvalue weighted by molar-refractivity contribution is 5.93. The summed E-state index contributed by atoms with van der Waals surface area (Å²) in [6, 6.07) is 8.54. The zero-order valence-electron chi connectivity index (χ0n) is 17.3. The standard InChI is InChI=1S/C23H29FN2O2/c1-14-12-18-19(25-17-8-6-16(24)7-9-17)10-11-28-22(18)15(2)21(14)26-20(27)13-23(3,4)5/h6-9,12,19,25H,10-11,13H2,1-5H3,(H,26,27). The maximum absolute atomic E-state index is 13.2. The van der Waals surface area contributed by atoms with Crippen molar-refractivity contribution in [3.63, 3.8) is 0 Å². The van der Waals surface area contributed by atoms with E-state index in [9.17, 15) is 9.18 Å². The molecular formula is C23H29FN2O2. The first-order valence-corrected chi connectivity index (χ1v) is 9.73. The summed E-state index contributed by atoms with van der Waals surface area (Å²) in [6.07, 6.45) is 1.28. The number of amides is 1. The second kappa shape index (κ2) is 7.82. The van der Waals surface area contributed by atoms with Crippen molar-refractivity contribution in [1.82, 2.24) is 0 Å². The molecule has 1 unspecified atom stereocenters. The SMILES string of the molecule is Cc1cc2c(c(C)c1NC(=O)CC(C)(C)C)OCCC2Nc1ccc(F)cc1. The van der Waals surface area contributed by atoms with Gasteiger partial charge in [0.25, 0.3) is 0 Å². The van der Waals surface area contributed by atoms with E-state index in [4.69, 9.17) is 4.74 Å². The second-order valence-corrected chi connectivity index (χ2v) is 8.74. The van der Waals surface area contributed by atoms with Gasteiger partial charge in [0, 0.05) is 29.7 Å². The van der Waals surface area contributed by atoms with Crippen molar-refractivity contribution in [3.8, 4) is 5.75 Å². The van der Waals surface area contributed by atoms with Gasteiger partial charge in [-0.3, -0.25) is 4.79 Å². The quantitative estimate of drug-likeness (QED) is 0.705. The molecule has 2 aromatic carbocycles. The lowest BCUT2D eigenvalue weighted by Crippen LogP contribution is -2.24. The molecule has 150 valence electrons. The molecule has 1 atom stereocenters. The van der Waals surface area contributed by atoms with Gasteiger partial charge in [-0.2, -0.15) is 0 Å². The summed E-state index contributed by atoms with van der Waals surface area (Å²) in [5.74, 6) is 0.582. The molecule has 2 N–H and O–H groups in total. The number of anilines is 2. The lowest BCUT2D eigenvalue weighted by molar-refractivity contribution is -0.117. The van der Waals surface area contributed by atoms with Crippen molar-refractivity contribution in [2.45, 2.75) is 53.5 Å². The van der Waals surface area contributed by atoms with Crippen LogP contribution in [0.3, 0.4) is 0 Å². The Morgan fingerprint density at radius 2 is 1.89 bits per heavy atom. The molecule has 0 aliphatic carbocycles. The van der Waals surface area contributed by atoms with Crippen LogP contribution in [0, 0.1) is 25.1 Å². The maximum Gasteiger partial charge on any atom is 0.224 e. The van der Waals surface area contributed by atoms with E-state index in [1.54, 1.807) is 12.1 Å². The van der Waals surface area contributed by atoms with E-state index < -0.39 is 0 Å². The highest BCUT2D eigenvalue weighted by atomic mass is 19.1. The van der Waals surface area contributed by atoms with Crippen LogP contribution in [0.15, 0.2) is 30.3 Å². The van der Waals surface area contributed by atoms with Crippen molar-refractivity contribution >= 4 is 17.3 Å². The average Bonchev–Trinajstić information content (AvgIpc) is 2.60. The van der Waals surface area contributed by atoms with Gasteiger partial charge in [-0.1, -0.05) is 20.8 Å². The number of ether oxygens (including phenoxy) is 1. The van der Waals surface area contributed by atoms with Gasteiger partial charge in [0.15, 0.2) is 0 Å². The second-order valence-electron chi connectivity index (χ2n) is 8.74. The summed E-state index contributed by atoms with van der Waals surface area (Å²) in [7, 11) is 0. The molecule has 0 saturated carbocycles. The van der Waals surface area contributed by atoms with Crippen LogP contribution in [-0.4, -0.2) is 12.5 Å². The first-order valence-electron chi connectivity index (χ1n) is 9.73. The third kappa shape index (κ3) is 4.64. The Morgan fingerprint density at radius 3 is 2.54 bits per heavy atom. The molecule has 1 amide bonds. The van der Waals surface area contributed by atoms with E-state index >= 15 is 0 Å². The van der Waals surface area contributed by atoms with Gasteiger partial charge in [-0.05, 0) is 55.2 Å². The van der Waals surface area contributed by atoms with Gasteiger partial charge in [-0.25, -0.2) is 4.39 Å². The molecule has 1 heterocycles. The number of benzene rings is 2. The molecule has 4 nitrogen and oxygen atoms in total. The van der Waals surface area contributed by atoms with Crippen LogP contribution in [0.25, 0.3) is 0 Å². The monoisotopic (exact) mass is 384 g/mol. The normalized spacial score (nSPS) is 16.1. The number of aryl methyl sites for hydroxylation is 1. The molecule has 0 fully saturated rings. The third-order valence-corrected chi connectivity index (χ3v) is 4.91. The van der Waals surface area contributed by atoms with Crippen molar-refractivity contribution in [3.05, 3.63) is 52.8 Å². The van der Waals surface area contributed by atoms with Crippen LogP contribution in [0.1, 0.15) is 56.3 Å². The van der Waals surface area contributed by atoms with Crippen LogP contribution < -0.4 is 15.4 Å². The molecule has 0 aromatic heterocycles. The molecule has 1 aliphatic heterocycles. The Labute approximate surface area is 166 Å². The molecule has 28 heavy (non-hydrogen) atoms. The van der Waals surface area contributed by atoms with Crippen molar-refractivity contribution < 1.29 is 13.9 Å². The minimum absolute atomic E-state index is 0.00967. The molecule has 0 saturated heterocycles. The van der Waals surface area contributed by atoms with E-state index in [1.807, 2.05) is 34.6 Å². The number of fused-ring (bicyclic) bond motifs is 1. The molecule has 1 aliphatic rings. The average molecular weight is 384 g/mol. The summed E-state index contributed by atoms with van der Waals surface area (Å²) in [6.45, 7) is 10.7. The first-order chi connectivity index (χ1) is 13.1. The Hall–Kier alpha value is -2.56. The largest absolute Gasteiger partial charge is 0.493 e. The van der Waals surface area contributed by atoms with Gasteiger partial charge in [0.1, 0.15) is 11.6 Å². The Bertz CT molecular complexity index is 870. The van der Waals surface area contributed by atoms with E-state index in [0.29, 0.717) is 13.0 Å². The van der Waals surface area contributed by atoms with Gasteiger partial charge in [-0.15, -0.1) is 0 Å². The van der Waals surface area contributed by atoms with Crippen LogP contribution in [0.4, 0.5) is 15.8 Å². The van der Waals surface area contributed by atoms with E-state index in [1.165, 1.54) is 12.1 Å². The molecule has 3 rings (SSSR count). The lowest BCUT2D eigenvalue weighted by Gasteiger charge is -2.30. The minimum Gasteiger partial charge on any atom is -0.493 e. The van der Waals surface area contributed by atoms with Crippen LogP contribution in [0.2, 0.25) is 0 Å². The summed E-state index contributed by atoms with van der Waals surface area (Å²) in [5.41, 5.74) is 4.66. The lowest BCUT2D eigenvalue weighted by atomic mass is 9.91. The summed E-state index contributed by atoms with van der Waals surface area (Å²) in [4.78, 5) is 12.4. The first kappa shape index (κ1) is 20.2. The predicted octanol–water partition coefficient (Wildman–Crippen LogP) is 5.75.